The number of rotatable bonds is 15. The standard InChI is InChI=1S/C21H35NO3/c1-2-3-4-5-6-7-8-9-10-11-12-13-14-15-19-18-20(23)16-17-21(19)22(24)25/h16-18,23H,2-15H2,1H3. The van der Waals surface area contributed by atoms with E-state index < -0.39 is 0 Å². The lowest BCUT2D eigenvalue weighted by molar-refractivity contribution is -0.385. The van der Waals surface area contributed by atoms with E-state index in [0.29, 0.717) is 12.0 Å². The number of nitrogens with zero attached hydrogens (tertiary/aromatic N) is 1. The second kappa shape index (κ2) is 13.7. The molecule has 0 heterocycles. The van der Waals surface area contributed by atoms with Crippen LogP contribution in [0.25, 0.3) is 0 Å². The first-order valence-electron chi connectivity index (χ1n) is 10.1. The predicted octanol–water partition coefficient (Wildman–Crippen LogP) is 6.93. The van der Waals surface area contributed by atoms with E-state index in [4.69, 9.17) is 0 Å². The molecule has 142 valence electrons. The molecule has 0 bridgehead atoms. The summed E-state index contributed by atoms with van der Waals surface area (Å²) >= 11 is 0. The first kappa shape index (κ1) is 21.5. The zero-order chi connectivity index (χ0) is 18.3. The minimum Gasteiger partial charge on any atom is -0.508 e. The van der Waals surface area contributed by atoms with Crippen LogP contribution in [0.5, 0.6) is 5.75 Å². The van der Waals surface area contributed by atoms with Crippen LogP contribution in [-0.4, -0.2) is 10.0 Å². The zero-order valence-corrected chi connectivity index (χ0v) is 15.8. The third kappa shape index (κ3) is 10.1. The molecule has 0 saturated carbocycles. The van der Waals surface area contributed by atoms with Gasteiger partial charge in [0.05, 0.1) is 4.92 Å². The Morgan fingerprint density at radius 3 is 1.80 bits per heavy atom. The molecule has 0 fully saturated rings. The van der Waals surface area contributed by atoms with Crippen molar-refractivity contribution in [3.05, 3.63) is 33.9 Å². The normalized spacial score (nSPS) is 10.9. The molecule has 0 saturated heterocycles. The van der Waals surface area contributed by atoms with Crippen molar-refractivity contribution in [3.63, 3.8) is 0 Å². The second-order valence-corrected chi connectivity index (χ2v) is 7.06. The van der Waals surface area contributed by atoms with Crippen molar-refractivity contribution in [3.8, 4) is 5.75 Å². The van der Waals surface area contributed by atoms with Gasteiger partial charge in [-0.2, -0.15) is 0 Å². The fourth-order valence-electron chi connectivity index (χ4n) is 3.28. The molecule has 1 aromatic carbocycles. The lowest BCUT2D eigenvalue weighted by atomic mass is 10.0. The molecule has 4 nitrogen and oxygen atoms in total. The number of hydrogen-bond acceptors (Lipinski definition) is 3. The predicted molar refractivity (Wildman–Crippen MR) is 104 cm³/mol. The van der Waals surface area contributed by atoms with E-state index in [1.807, 2.05) is 0 Å². The van der Waals surface area contributed by atoms with Crippen LogP contribution in [-0.2, 0) is 6.42 Å². The van der Waals surface area contributed by atoms with Crippen molar-refractivity contribution >= 4 is 5.69 Å². The second-order valence-electron chi connectivity index (χ2n) is 7.06. The monoisotopic (exact) mass is 349 g/mol. The summed E-state index contributed by atoms with van der Waals surface area (Å²) in [6.07, 6.45) is 17.4. The summed E-state index contributed by atoms with van der Waals surface area (Å²) in [5, 5.41) is 20.5. The number of benzene rings is 1. The van der Waals surface area contributed by atoms with Crippen molar-refractivity contribution in [1.29, 1.82) is 0 Å². The Kier molecular flexibility index (Phi) is 11.7. The maximum Gasteiger partial charge on any atom is 0.272 e. The van der Waals surface area contributed by atoms with Crippen molar-refractivity contribution in [2.45, 2.75) is 96.8 Å². The van der Waals surface area contributed by atoms with Crippen LogP contribution in [0.1, 0.15) is 96.0 Å². The van der Waals surface area contributed by atoms with E-state index >= 15 is 0 Å². The van der Waals surface area contributed by atoms with Crippen LogP contribution in [0, 0.1) is 10.1 Å². The summed E-state index contributed by atoms with van der Waals surface area (Å²) in [5.74, 6) is 0.107. The van der Waals surface area contributed by atoms with Gasteiger partial charge < -0.3 is 5.11 Å². The Morgan fingerprint density at radius 2 is 1.32 bits per heavy atom. The average molecular weight is 350 g/mol. The molecule has 0 aliphatic heterocycles. The average Bonchev–Trinajstić information content (AvgIpc) is 2.58. The Hall–Kier alpha value is -1.58. The Labute approximate surface area is 152 Å². The van der Waals surface area contributed by atoms with Gasteiger partial charge in [-0.3, -0.25) is 10.1 Å². The minimum absolute atomic E-state index is 0.107. The van der Waals surface area contributed by atoms with Crippen LogP contribution in [0.3, 0.4) is 0 Å². The third-order valence-electron chi connectivity index (χ3n) is 4.81. The molecular weight excluding hydrogens is 314 g/mol. The summed E-state index contributed by atoms with van der Waals surface area (Å²) in [6, 6.07) is 4.30. The first-order chi connectivity index (χ1) is 12.1. The summed E-state index contributed by atoms with van der Waals surface area (Å²) in [5.41, 5.74) is 0.768. The SMILES string of the molecule is CCCCCCCCCCCCCCCc1cc(O)ccc1[N+](=O)[O-]. The Balaban J connectivity index is 2.01. The van der Waals surface area contributed by atoms with E-state index in [0.717, 1.165) is 12.8 Å². The fraction of sp³-hybridized carbons (Fsp3) is 0.714. The number of hydrogen-bond donors (Lipinski definition) is 1. The van der Waals surface area contributed by atoms with E-state index in [1.54, 1.807) is 0 Å². The third-order valence-corrected chi connectivity index (χ3v) is 4.81. The minimum atomic E-state index is -0.364. The molecule has 4 heteroatoms. The van der Waals surface area contributed by atoms with E-state index in [-0.39, 0.29) is 16.4 Å². The maximum atomic E-state index is 11.0. The molecule has 0 radical (unpaired) electrons. The molecular formula is C21H35NO3. The molecule has 0 spiro atoms. The van der Waals surface area contributed by atoms with Crippen LogP contribution in [0.15, 0.2) is 18.2 Å². The zero-order valence-electron chi connectivity index (χ0n) is 15.8. The summed E-state index contributed by atoms with van der Waals surface area (Å²) in [4.78, 5) is 10.6. The highest BCUT2D eigenvalue weighted by Gasteiger charge is 2.13. The van der Waals surface area contributed by atoms with E-state index in [9.17, 15) is 15.2 Å². The van der Waals surface area contributed by atoms with Gasteiger partial charge in [-0.15, -0.1) is 0 Å². The number of nitro groups is 1. The summed E-state index contributed by atoms with van der Waals surface area (Å²) in [7, 11) is 0. The molecule has 0 amide bonds. The van der Waals surface area contributed by atoms with Gasteiger partial charge in [0.2, 0.25) is 0 Å². The fourth-order valence-corrected chi connectivity index (χ4v) is 3.28. The van der Waals surface area contributed by atoms with Gasteiger partial charge in [0.1, 0.15) is 5.75 Å². The van der Waals surface area contributed by atoms with Crippen molar-refractivity contribution in [1.82, 2.24) is 0 Å². The molecule has 25 heavy (non-hydrogen) atoms. The van der Waals surface area contributed by atoms with Crippen molar-refractivity contribution in [2.75, 3.05) is 0 Å². The van der Waals surface area contributed by atoms with Gasteiger partial charge in [0.15, 0.2) is 0 Å². The largest absolute Gasteiger partial charge is 0.508 e. The number of phenols is 1. The summed E-state index contributed by atoms with van der Waals surface area (Å²) in [6.45, 7) is 2.25. The van der Waals surface area contributed by atoms with Crippen molar-refractivity contribution < 1.29 is 10.0 Å². The van der Waals surface area contributed by atoms with Crippen LogP contribution < -0.4 is 0 Å². The number of nitro benzene ring substituents is 1. The molecule has 0 aliphatic rings. The molecule has 1 rings (SSSR count). The number of aromatic hydroxyl groups is 1. The first-order valence-corrected chi connectivity index (χ1v) is 10.1. The van der Waals surface area contributed by atoms with Gasteiger partial charge in [-0.1, -0.05) is 84.0 Å². The highest BCUT2D eigenvalue weighted by molar-refractivity contribution is 5.44. The van der Waals surface area contributed by atoms with Gasteiger partial charge >= 0.3 is 0 Å². The van der Waals surface area contributed by atoms with Gasteiger partial charge in [0, 0.05) is 11.6 Å². The van der Waals surface area contributed by atoms with Gasteiger partial charge in [-0.25, -0.2) is 0 Å². The molecule has 1 N–H and O–H groups in total. The molecule has 0 atom stereocenters. The number of unbranched alkanes of at least 4 members (excludes halogenated alkanes) is 12. The van der Waals surface area contributed by atoms with E-state index in [1.165, 1.54) is 88.8 Å². The highest BCUT2D eigenvalue weighted by atomic mass is 16.6. The topological polar surface area (TPSA) is 63.4 Å². The lowest BCUT2D eigenvalue weighted by Gasteiger charge is -2.05. The van der Waals surface area contributed by atoms with Gasteiger partial charge in [0.25, 0.3) is 5.69 Å². The summed E-state index contributed by atoms with van der Waals surface area (Å²) < 4.78 is 0. The Bertz CT molecular complexity index is 488. The number of aryl methyl sites for hydroxylation is 1. The molecule has 0 aliphatic carbocycles. The molecule has 0 aromatic heterocycles. The Morgan fingerprint density at radius 1 is 0.840 bits per heavy atom. The lowest BCUT2D eigenvalue weighted by Crippen LogP contribution is -1.95. The molecule has 0 unspecified atom stereocenters. The highest BCUT2D eigenvalue weighted by Crippen LogP contribution is 2.25. The number of phenolic OH excluding ortho intramolecular Hbond substituents is 1. The van der Waals surface area contributed by atoms with E-state index in [2.05, 4.69) is 6.92 Å². The van der Waals surface area contributed by atoms with Crippen LogP contribution in [0.2, 0.25) is 0 Å². The van der Waals surface area contributed by atoms with Crippen molar-refractivity contribution in [2.24, 2.45) is 0 Å². The smallest absolute Gasteiger partial charge is 0.272 e. The van der Waals surface area contributed by atoms with Crippen LogP contribution in [0.4, 0.5) is 5.69 Å². The molecule has 1 aromatic rings. The van der Waals surface area contributed by atoms with Gasteiger partial charge in [-0.05, 0) is 25.0 Å². The van der Waals surface area contributed by atoms with Crippen LogP contribution >= 0.6 is 0 Å². The maximum absolute atomic E-state index is 11.0. The quantitative estimate of drug-likeness (QED) is 0.212.